The molecule has 0 amide bonds. The zero-order chi connectivity index (χ0) is 12.4. The van der Waals surface area contributed by atoms with Gasteiger partial charge in [0, 0.05) is 0 Å². The van der Waals surface area contributed by atoms with E-state index in [0.717, 1.165) is 0 Å². The van der Waals surface area contributed by atoms with Crippen molar-refractivity contribution >= 4 is 60.6 Å². The molecule has 2 heterocycles. The maximum atomic E-state index is 4.95. The summed E-state index contributed by atoms with van der Waals surface area (Å²) in [5.74, 6) is 0. The lowest BCUT2D eigenvalue weighted by molar-refractivity contribution is 0.842. The zero-order valence-corrected chi connectivity index (χ0v) is 12.0. The Kier molecular flexibility index (Phi) is 3.93. The van der Waals surface area contributed by atoms with Gasteiger partial charge in [-0.2, -0.15) is 9.97 Å². The molecule has 0 spiro atoms. The standard InChI is InChI=1S/C6H4N6S5/c13-1-7-2(14)10-5(9-1)17-6-11-3(15)8-4(16)12-6/h(H2,7,9,10,13,14)(H2,8,11,12,15,16). The van der Waals surface area contributed by atoms with Gasteiger partial charge >= 0.3 is 0 Å². The quantitative estimate of drug-likeness (QED) is 0.633. The van der Waals surface area contributed by atoms with E-state index >= 15 is 0 Å². The van der Waals surface area contributed by atoms with Gasteiger partial charge in [0.2, 0.25) is 9.54 Å². The summed E-state index contributed by atoms with van der Waals surface area (Å²) in [5.41, 5.74) is 0. The van der Waals surface area contributed by atoms with Crippen LogP contribution in [0.15, 0.2) is 10.3 Å². The molecular formula is C6H4N6S5. The van der Waals surface area contributed by atoms with Crippen molar-refractivity contribution in [3.8, 4) is 0 Å². The first kappa shape index (κ1) is 12.7. The van der Waals surface area contributed by atoms with Gasteiger partial charge in [-0.3, -0.25) is 0 Å². The third-order valence-corrected chi connectivity index (χ3v) is 3.05. The minimum Gasteiger partial charge on any atom is -0.311 e. The van der Waals surface area contributed by atoms with E-state index < -0.39 is 0 Å². The van der Waals surface area contributed by atoms with Gasteiger partial charge in [0.25, 0.3) is 0 Å². The van der Waals surface area contributed by atoms with E-state index in [9.17, 15) is 0 Å². The fourth-order valence-electron chi connectivity index (χ4n) is 0.935. The molecule has 2 aromatic heterocycles. The highest BCUT2D eigenvalue weighted by atomic mass is 32.2. The van der Waals surface area contributed by atoms with E-state index in [1.54, 1.807) is 0 Å². The lowest BCUT2D eigenvalue weighted by Gasteiger charge is -1.99. The zero-order valence-electron chi connectivity index (χ0n) is 7.94. The average molecular weight is 320 g/mol. The Labute approximate surface area is 119 Å². The van der Waals surface area contributed by atoms with Crippen molar-refractivity contribution in [1.29, 1.82) is 0 Å². The van der Waals surface area contributed by atoms with E-state index in [1.165, 1.54) is 11.8 Å². The predicted molar refractivity (Wildman–Crippen MR) is 73.3 cm³/mol. The number of hydrogen-bond donors (Lipinski definition) is 4. The second kappa shape index (κ2) is 5.27. The molecular weight excluding hydrogens is 316 g/mol. The first-order valence-corrected chi connectivity index (χ1v) is 6.57. The van der Waals surface area contributed by atoms with Crippen LogP contribution in [0, 0.1) is 19.1 Å². The van der Waals surface area contributed by atoms with Crippen LogP contribution in [0.5, 0.6) is 0 Å². The van der Waals surface area contributed by atoms with Crippen molar-refractivity contribution in [2.24, 2.45) is 0 Å². The van der Waals surface area contributed by atoms with Crippen LogP contribution in [-0.4, -0.2) is 29.9 Å². The van der Waals surface area contributed by atoms with Crippen molar-refractivity contribution in [3.63, 3.8) is 0 Å². The SMILES string of the molecule is S=c1nc(Sc2nc(=S)[nH]c(=S)[nH]2)[nH]c(=S)[nH]1. The minimum atomic E-state index is 0.302. The monoisotopic (exact) mass is 320 g/mol. The number of nitrogens with one attached hydrogen (secondary N) is 4. The van der Waals surface area contributed by atoms with Gasteiger partial charge in [-0.05, 0) is 60.6 Å². The molecule has 88 valence electrons. The number of aromatic nitrogens is 6. The molecule has 0 saturated heterocycles. The Hall–Kier alpha value is -0.750. The van der Waals surface area contributed by atoms with Crippen molar-refractivity contribution in [2.45, 2.75) is 10.3 Å². The fourth-order valence-corrected chi connectivity index (χ4v) is 2.85. The molecule has 0 atom stereocenters. The van der Waals surface area contributed by atoms with Gasteiger partial charge in [0.1, 0.15) is 0 Å². The van der Waals surface area contributed by atoms with Crippen LogP contribution < -0.4 is 0 Å². The van der Waals surface area contributed by atoms with Crippen LogP contribution in [0.25, 0.3) is 0 Å². The average Bonchev–Trinajstić information content (AvgIpc) is 2.13. The molecule has 0 bridgehead atoms. The van der Waals surface area contributed by atoms with Crippen molar-refractivity contribution in [3.05, 3.63) is 19.1 Å². The van der Waals surface area contributed by atoms with Gasteiger partial charge in [-0.25, -0.2) is 0 Å². The lowest BCUT2D eigenvalue weighted by atomic mass is 11.1. The number of H-pyrrole nitrogens is 4. The molecule has 4 N–H and O–H groups in total. The maximum Gasteiger partial charge on any atom is 0.201 e. The molecule has 0 saturated carbocycles. The summed E-state index contributed by atoms with van der Waals surface area (Å²) >= 11 is 20.9. The van der Waals surface area contributed by atoms with Crippen molar-refractivity contribution in [2.75, 3.05) is 0 Å². The molecule has 0 fully saturated rings. The van der Waals surface area contributed by atoms with E-state index in [4.69, 9.17) is 48.9 Å². The molecule has 0 unspecified atom stereocenters. The minimum absolute atomic E-state index is 0.302. The molecule has 0 aromatic carbocycles. The summed E-state index contributed by atoms with van der Waals surface area (Å²) in [7, 11) is 0. The third kappa shape index (κ3) is 3.61. The molecule has 2 aromatic rings. The maximum absolute atomic E-state index is 4.95. The van der Waals surface area contributed by atoms with Crippen LogP contribution in [0.1, 0.15) is 0 Å². The largest absolute Gasteiger partial charge is 0.311 e. The van der Waals surface area contributed by atoms with Crippen LogP contribution in [-0.2, 0) is 0 Å². The van der Waals surface area contributed by atoms with E-state index in [0.29, 0.717) is 29.4 Å². The summed E-state index contributed by atoms with van der Waals surface area (Å²) in [6, 6.07) is 0. The lowest BCUT2D eigenvalue weighted by Crippen LogP contribution is -1.95. The molecule has 0 aliphatic carbocycles. The van der Waals surface area contributed by atoms with Gasteiger partial charge < -0.3 is 19.9 Å². The van der Waals surface area contributed by atoms with Gasteiger partial charge in [0.15, 0.2) is 19.9 Å². The number of hydrogen-bond acceptors (Lipinski definition) is 7. The molecule has 0 aliphatic rings. The van der Waals surface area contributed by atoms with Crippen molar-refractivity contribution in [1.82, 2.24) is 29.9 Å². The Morgan fingerprint density at radius 1 is 0.706 bits per heavy atom. The van der Waals surface area contributed by atoms with Crippen molar-refractivity contribution < 1.29 is 0 Å². The highest BCUT2D eigenvalue weighted by Crippen LogP contribution is 2.18. The second-order valence-electron chi connectivity index (χ2n) is 2.70. The van der Waals surface area contributed by atoms with Crippen LogP contribution in [0.4, 0.5) is 0 Å². The molecule has 11 heteroatoms. The molecule has 6 nitrogen and oxygen atoms in total. The third-order valence-electron chi connectivity index (χ3n) is 1.48. The smallest absolute Gasteiger partial charge is 0.201 e. The van der Waals surface area contributed by atoms with Gasteiger partial charge in [-0.1, -0.05) is 0 Å². The van der Waals surface area contributed by atoms with Gasteiger partial charge in [-0.15, -0.1) is 0 Å². The van der Waals surface area contributed by atoms with Crippen LogP contribution in [0.2, 0.25) is 0 Å². The summed E-state index contributed by atoms with van der Waals surface area (Å²) in [6.07, 6.45) is 0. The van der Waals surface area contributed by atoms with E-state index in [1.807, 2.05) is 0 Å². The molecule has 2 rings (SSSR count). The van der Waals surface area contributed by atoms with Crippen LogP contribution >= 0.6 is 60.6 Å². The molecule has 0 radical (unpaired) electrons. The molecule has 0 aliphatic heterocycles. The Morgan fingerprint density at radius 2 is 1.12 bits per heavy atom. The molecule has 17 heavy (non-hydrogen) atoms. The van der Waals surface area contributed by atoms with Gasteiger partial charge in [0.05, 0.1) is 0 Å². The topological polar surface area (TPSA) is 88.9 Å². The Bertz CT molecular complexity index is 643. The number of nitrogens with zero attached hydrogens (tertiary/aromatic N) is 2. The normalized spacial score (nSPS) is 10.4. The van der Waals surface area contributed by atoms with E-state index in [-0.39, 0.29) is 0 Å². The Morgan fingerprint density at radius 3 is 1.47 bits per heavy atom. The summed E-state index contributed by atoms with van der Waals surface area (Å²) < 4.78 is 1.39. The summed E-state index contributed by atoms with van der Waals surface area (Å²) in [6.45, 7) is 0. The number of rotatable bonds is 2. The summed E-state index contributed by atoms with van der Waals surface area (Å²) in [5, 5.41) is 1.02. The number of aromatic amines is 4. The highest BCUT2D eigenvalue weighted by Gasteiger charge is 2.02. The first-order valence-electron chi connectivity index (χ1n) is 4.12. The highest BCUT2D eigenvalue weighted by molar-refractivity contribution is 7.99. The van der Waals surface area contributed by atoms with Crippen LogP contribution in [0.3, 0.4) is 0 Å². The summed E-state index contributed by atoms with van der Waals surface area (Å²) in [4.78, 5) is 19.2. The second-order valence-corrected chi connectivity index (χ2v) is 5.27. The fraction of sp³-hybridized carbons (Fsp3) is 0. The Balaban J connectivity index is 2.44. The predicted octanol–water partition coefficient (Wildman–Crippen LogP) is 2.86. The first-order chi connectivity index (χ1) is 8.02. The van der Waals surface area contributed by atoms with E-state index in [2.05, 4.69) is 29.9 Å².